The fraction of sp³-hybridized carbons (Fsp3) is 0.273. The molecule has 0 aliphatic rings. The third-order valence-corrected chi connectivity index (χ3v) is 1.97. The Kier molecular flexibility index (Phi) is 5.29. The summed E-state index contributed by atoms with van der Waals surface area (Å²) < 4.78 is 14.2. The van der Waals surface area contributed by atoms with Gasteiger partial charge in [0.2, 0.25) is 0 Å². The Morgan fingerprint density at radius 3 is 2.41 bits per heavy atom. The van der Waals surface area contributed by atoms with E-state index in [1.807, 2.05) is 0 Å². The molecule has 0 saturated heterocycles. The van der Waals surface area contributed by atoms with Crippen molar-refractivity contribution in [2.75, 3.05) is 13.7 Å². The fourth-order valence-corrected chi connectivity index (χ4v) is 1.08. The van der Waals surface area contributed by atoms with Gasteiger partial charge < -0.3 is 14.2 Å². The molecule has 0 N–H and O–H groups in total. The first kappa shape index (κ1) is 13.3. The molecule has 0 aliphatic heterocycles. The number of hydrogen-bond acceptors (Lipinski definition) is 5. The second-order valence-corrected chi connectivity index (χ2v) is 3.34. The Labute approximate surface area is 103 Å². The molecule has 0 fully saturated rings. The number of esters is 1. The van der Waals surface area contributed by atoms with Gasteiger partial charge in [-0.15, -0.1) is 0 Å². The Morgan fingerprint density at radius 2 is 1.88 bits per heavy atom. The number of rotatable bonds is 5. The van der Waals surface area contributed by atoms with Gasteiger partial charge in [0.15, 0.2) is 6.61 Å². The fourth-order valence-electron chi connectivity index (χ4n) is 1.02. The lowest BCUT2D eigenvalue weighted by Crippen LogP contribution is -2.12. The highest BCUT2D eigenvalue weighted by Gasteiger charge is 2.02. The molecule has 1 rings (SSSR count). The van der Waals surface area contributed by atoms with E-state index in [4.69, 9.17) is 16.3 Å². The number of halogens is 1. The molecule has 5 nitrogen and oxygen atoms in total. The summed E-state index contributed by atoms with van der Waals surface area (Å²) in [5, 5.41) is 0. The van der Waals surface area contributed by atoms with Crippen LogP contribution in [0.15, 0.2) is 24.3 Å². The van der Waals surface area contributed by atoms with Crippen LogP contribution in [0.25, 0.3) is 0 Å². The quantitative estimate of drug-likeness (QED) is 0.598. The summed E-state index contributed by atoms with van der Waals surface area (Å²) in [6.07, 6.45) is 0. The molecule has 0 heterocycles. The molecular formula is C11H11ClO5. The Morgan fingerprint density at radius 1 is 1.24 bits per heavy atom. The highest BCUT2D eigenvalue weighted by atomic mass is 35.5. The van der Waals surface area contributed by atoms with E-state index in [9.17, 15) is 9.59 Å². The zero-order valence-electron chi connectivity index (χ0n) is 9.14. The number of methoxy groups -OCH3 is 1. The summed E-state index contributed by atoms with van der Waals surface area (Å²) in [5.74, 6) is 0.0708. The van der Waals surface area contributed by atoms with E-state index in [0.29, 0.717) is 5.75 Å². The molecule has 0 radical (unpaired) electrons. The van der Waals surface area contributed by atoms with Crippen molar-refractivity contribution in [2.45, 2.75) is 6.61 Å². The molecule has 0 bridgehead atoms. The van der Waals surface area contributed by atoms with Gasteiger partial charge in [0.25, 0.3) is 0 Å². The van der Waals surface area contributed by atoms with E-state index >= 15 is 0 Å². The molecule has 0 saturated carbocycles. The summed E-state index contributed by atoms with van der Waals surface area (Å²) in [7, 11) is 1.29. The average molecular weight is 259 g/mol. The minimum atomic E-state index is -0.851. The average Bonchev–Trinajstić information content (AvgIpc) is 2.34. The Bertz CT molecular complexity index is 387. The number of benzene rings is 1. The topological polar surface area (TPSA) is 61.8 Å². The maximum atomic E-state index is 10.8. The first-order valence-corrected chi connectivity index (χ1v) is 5.10. The maximum absolute atomic E-state index is 10.8. The molecule has 1 aromatic rings. The zero-order valence-corrected chi connectivity index (χ0v) is 9.90. The van der Waals surface area contributed by atoms with Crippen molar-refractivity contribution in [1.82, 2.24) is 0 Å². The van der Waals surface area contributed by atoms with E-state index in [-0.39, 0.29) is 13.2 Å². The first-order valence-electron chi connectivity index (χ1n) is 4.72. The van der Waals surface area contributed by atoms with Crippen molar-refractivity contribution >= 4 is 23.0 Å². The van der Waals surface area contributed by atoms with E-state index in [1.165, 1.54) is 7.11 Å². The SMILES string of the molecule is COC(=O)COc1ccc(COC(=O)Cl)cc1. The van der Waals surface area contributed by atoms with Crippen LogP contribution in [0.4, 0.5) is 4.79 Å². The molecule has 17 heavy (non-hydrogen) atoms. The normalized spacial score (nSPS) is 9.53. The summed E-state index contributed by atoms with van der Waals surface area (Å²) in [5.41, 5.74) is -0.0829. The smallest absolute Gasteiger partial charge is 0.404 e. The second-order valence-electron chi connectivity index (χ2n) is 3.04. The molecule has 0 atom stereocenters. The minimum absolute atomic E-state index is 0.0968. The van der Waals surface area contributed by atoms with Gasteiger partial charge in [-0.2, -0.15) is 0 Å². The standard InChI is InChI=1S/C11H11ClO5/c1-15-10(13)7-16-9-4-2-8(3-5-9)6-17-11(12)14/h2-5H,6-7H2,1H3. The number of hydrogen-bond donors (Lipinski definition) is 0. The lowest BCUT2D eigenvalue weighted by atomic mass is 10.2. The molecule has 1 aromatic carbocycles. The molecule has 92 valence electrons. The molecule has 6 heteroatoms. The van der Waals surface area contributed by atoms with Gasteiger partial charge in [-0.05, 0) is 17.7 Å². The van der Waals surface area contributed by atoms with Crippen molar-refractivity contribution in [2.24, 2.45) is 0 Å². The lowest BCUT2D eigenvalue weighted by molar-refractivity contribution is -0.142. The van der Waals surface area contributed by atoms with Crippen LogP contribution in [0.3, 0.4) is 0 Å². The highest BCUT2D eigenvalue weighted by molar-refractivity contribution is 6.61. The van der Waals surface area contributed by atoms with Crippen LogP contribution in [0.2, 0.25) is 0 Å². The van der Waals surface area contributed by atoms with Crippen LogP contribution >= 0.6 is 11.6 Å². The number of carbonyl (C=O) groups excluding carboxylic acids is 2. The molecule has 0 aliphatic carbocycles. The predicted octanol–water partition coefficient (Wildman–Crippen LogP) is 2.11. The molecule has 0 aromatic heterocycles. The van der Waals surface area contributed by atoms with Gasteiger partial charge in [0, 0.05) is 11.6 Å². The number of carbonyl (C=O) groups is 2. The van der Waals surface area contributed by atoms with Gasteiger partial charge in [-0.1, -0.05) is 12.1 Å². The summed E-state index contributed by atoms with van der Waals surface area (Å²) in [6, 6.07) is 6.71. The van der Waals surface area contributed by atoms with E-state index < -0.39 is 11.4 Å². The summed E-state index contributed by atoms with van der Waals surface area (Å²) >= 11 is 5.02. The Balaban J connectivity index is 2.44. The molecule has 0 amide bonds. The predicted molar refractivity (Wildman–Crippen MR) is 60.0 cm³/mol. The van der Waals surface area contributed by atoms with Gasteiger partial charge in [-0.25, -0.2) is 9.59 Å². The van der Waals surface area contributed by atoms with Gasteiger partial charge in [0.1, 0.15) is 12.4 Å². The highest BCUT2D eigenvalue weighted by Crippen LogP contribution is 2.13. The monoisotopic (exact) mass is 258 g/mol. The van der Waals surface area contributed by atoms with Crippen LogP contribution < -0.4 is 4.74 Å². The van der Waals surface area contributed by atoms with Crippen molar-refractivity contribution in [3.05, 3.63) is 29.8 Å². The third-order valence-electron chi connectivity index (χ3n) is 1.86. The summed E-state index contributed by atoms with van der Waals surface area (Å²) in [4.78, 5) is 21.2. The third kappa shape index (κ3) is 5.21. The van der Waals surface area contributed by atoms with E-state index in [0.717, 1.165) is 5.56 Å². The van der Waals surface area contributed by atoms with Crippen LogP contribution in [0.1, 0.15) is 5.56 Å². The molecule has 0 unspecified atom stereocenters. The lowest BCUT2D eigenvalue weighted by Gasteiger charge is -2.05. The van der Waals surface area contributed by atoms with Crippen molar-refractivity contribution in [3.63, 3.8) is 0 Å². The van der Waals surface area contributed by atoms with Crippen LogP contribution in [0.5, 0.6) is 5.75 Å². The minimum Gasteiger partial charge on any atom is -0.482 e. The largest absolute Gasteiger partial charge is 0.482 e. The zero-order chi connectivity index (χ0) is 12.7. The van der Waals surface area contributed by atoms with Crippen LogP contribution in [0, 0.1) is 0 Å². The van der Waals surface area contributed by atoms with E-state index in [1.54, 1.807) is 24.3 Å². The van der Waals surface area contributed by atoms with Gasteiger partial charge >= 0.3 is 11.4 Å². The van der Waals surface area contributed by atoms with Crippen LogP contribution in [-0.2, 0) is 20.9 Å². The van der Waals surface area contributed by atoms with Gasteiger partial charge in [0.05, 0.1) is 7.11 Å². The molecular weight excluding hydrogens is 248 g/mol. The number of ether oxygens (including phenoxy) is 3. The van der Waals surface area contributed by atoms with Crippen molar-refractivity contribution in [1.29, 1.82) is 0 Å². The Hall–Kier alpha value is -1.75. The van der Waals surface area contributed by atoms with Crippen LogP contribution in [-0.4, -0.2) is 25.1 Å². The summed E-state index contributed by atoms with van der Waals surface area (Å²) in [6.45, 7) is -0.0495. The van der Waals surface area contributed by atoms with Crippen molar-refractivity contribution < 1.29 is 23.8 Å². The first-order chi connectivity index (χ1) is 8.11. The van der Waals surface area contributed by atoms with Crippen molar-refractivity contribution in [3.8, 4) is 5.75 Å². The van der Waals surface area contributed by atoms with Gasteiger partial charge in [-0.3, -0.25) is 0 Å². The molecule has 0 spiro atoms. The maximum Gasteiger partial charge on any atom is 0.404 e. The second kappa shape index (κ2) is 6.75. The van der Waals surface area contributed by atoms with E-state index in [2.05, 4.69) is 9.47 Å².